The van der Waals surface area contributed by atoms with E-state index in [2.05, 4.69) is 15.0 Å². The van der Waals surface area contributed by atoms with Crippen LogP contribution in [0, 0.1) is 0 Å². The van der Waals surface area contributed by atoms with Crippen LogP contribution in [0.15, 0.2) is 21.3 Å². The summed E-state index contributed by atoms with van der Waals surface area (Å²) in [7, 11) is 3.58. The Morgan fingerprint density at radius 1 is 1.57 bits per heavy atom. The van der Waals surface area contributed by atoms with Gasteiger partial charge in [0.05, 0.1) is 12.6 Å². The number of thiophene rings is 1. The van der Waals surface area contributed by atoms with E-state index in [1.165, 1.54) is 0 Å². The molecule has 0 N–H and O–H groups in total. The molecule has 1 aliphatic heterocycles. The maximum absolute atomic E-state index is 12.2. The second-order valence-electron chi connectivity index (χ2n) is 5.38. The van der Waals surface area contributed by atoms with Crippen molar-refractivity contribution in [3.05, 3.63) is 22.7 Å². The Bertz CT molecular complexity index is 608. The Balaban J connectivity index is 1.70. The largest absolute Gasteiger partial charge is 0.347 e. The van der Waals surface area contributed by atoms with Crippen LogP contribution in [0.5, 0.6) is 0 Å². The molecule has 21 heavy (non-hydrogen) atoms. The molecule has 1 atom stereocenters. The number of rotatable bonds is 4. The predicted octanol–water partition coefficient (Wildman–Crippen LogP) is 1.85. The zero-order valence-corrected chi connectivity index (χ0v) is 13.0. The molecule has 7 heteroatoms. The van der Waals surface area contributed by atoms with Crippen LogP contribution < -0.4 is 0 Å². The molecule has 3 rings (SSSR count). The van der Waals surface area contributed by atoms with E-state index in [1.54, 1.807) is 30.3 Å². The van der Waals surface area contributed by atoms with E-state index in [0.29, 0.717) is 18.3 Å². The fourth-order valence-corrected chi connectivity index (χ4v) is 3.23. The SMILES string of the molecule is CN(C)C(=O)[C@H]1CCCN1Cc1nc(-c2ccsc2)no1. The first-order valence-electron chi connectivity index (χ1n) is 6.95. The molecule has 1 aliphatic rings. The molecule has 0 radical (unpaired) electrons. The summed E-state index contributed by atoms with van der Waals surface area (Å²) in [6.07, 6.45) is 1.91. The Labute approximate surface area is 127 Å². The maximum Gasteiger partial charge on any atom is 0.241 e. The van der Waals surface area contributed by atoms with Gasteiger partial charge in [-0.25, -0.2) is 0 Å². The highest BCUT2D eigenvalue weighted by Crippen LogP contribution is 2.23. The topological polar surface area (TPSA) is 62.5 Å². The van der Waals surface area contributed by atoms with Gasteiger partial charge in [0.15, 0.2) is 0 Å². The molecule has 0 aliphatic carbocycles. The second kappa shape index (κ2) is 5.95. The van der Waals surface area contributed by atoms with Crippen molar-refractivity contribution >= 4 is 17.2 Å². The van der Waals surface area contributed by atoms with Crippen LogP contribution in [0.2, 0.25) is 0 Å². The van der Waals surface area contributed by atoms with Gasteiger partial charge in [-0.3, -0.25) is 9.69 Å². The molecule has 1 saturated heterocycles. The fraction of sp³-hybridized carbons (Fsp3) is 0.500. The fourth-order valence-electron chi connectivity index (χ4n) is 2.59. The smallest absolute Gasteiger partial charge is 0.241 e. The standard InChI is InChI=1S/C14H18N4O2S/c1-17(2)14(19)11-4-3-6-18(11)8-12-15-13(16-20-12)10-5-7-21-9-10/h5,7,9,11H,3-4,6,8H2,1-2H3/t11-/m1/s1. The molecular weight excluding hydrogens is 288 g/mol. The first-order valence-corrected chi connectivity index (χ1v) is 7.90. The number of likely N-dealkylation sites (N-methyl/N-ethyl adjacent to an activating group) is 1. The Hall–Kier alpha value is -1.73. The van der Waals surface area contributed by atoms with Gasteiger partial charge in [-0.1, -0.05) is 5.16 Å². The molecule has 0 saturated carbocycles. The van der Waals surface area contributed by atoms with Crippen molar-refractivity contribution in [1.82, 2.24) is 19.9 Å². The average molecular weight is 306 g/mol. The lowest BCUT2D eigenvalue weighted by Gasteiger charge is -2.24. The number of nitrogens with zero attached hydrogens (tertiary/aromatic N) is 4. The summed E-state index contributed by atoms with van der Waals surface area (Å²) < 4.78 is 5.32. The molecule has 0 bridgehead atoms. The van der Waals surface area contributed by atoms with Crippen molar-refractivity contribution in [2.24, 2.45) is 0 Å². The lowest BCUT2D eigenvalue weighted by Crippen LogP contribution is -2.42. The van der Waals surface area contributed by atoms with Crippen LogP contribution in [-0.2, 0) is 11.3 Å². The molecule has 0 spiro atoms. The third-order valence-corrected chi connectivity index (χ3v) is 4.36. The molecule has 1 fully saturated rings. The van der Waals surface area contributed by atoms with E-state index in [0.717, 1.165) is 24.9 Å². The van der Waals surface area contributed by atoms with Crippen LogP contribution in [0.1, 0.15) is 18.7 Å². The summed E-state index contributed by atoms with van der Waals surface area (Å²) in [5.74, 6) is 1.32. The van der Waals surface area contributed by atoms with E-state index >= 15 is 0 Å². The Kier molecular flexibility index (Phi) is 4.03. The average Bonchev–Trinajstić information content (AvgIpc) is 3.19. The summed E-state index contributed by atoms with van der Waals surface area (Å²) in [4.78, 5) is 20.3. The van der Waals surface area contributed by atoms with Gasteiger partial charge in [0, 0.05) is 25.0 Å². The lowest BCUT2D eigenvalue weighted by molar-refractivity contribution is -0.133. The van der Waals surface area contributed by atoms with Crippen molar-refractivity contribution < 1.29 is 9.32 Å². The highest BCUT2D eigenvalue weighted by atomic mass is 32.1. The van der Waals surface area contributed by atoms with E-state index in [-0.39, 0.29) is 11.9 Å². The number of carbonyl (C=O) groups is 1. The number of amides is 1. The van der Waals surface area contributed by atoms with Gasteiger partial charge in [0.2, 0.25) is 17.6 Å². The molecule has 6 nitrogen and oxygen atoms in total. The summed E-state index contributed by atoms with van der Waals surface area (Å²) in [5.41, 5.74) is 0.970. The van der Waals surface area contributed by atoms with E-state index in [4.69, 9.17) is 4.52 Å². The summed E-state index contributed by atoms with van der Waals surface area (Å²) >= 11 is 1.60. The van der Waals surface area contributed by atoms with Crippen molar-refractivity contribution in [2.45, 2.75) is 25.4 Å². The second-order valence-corrected chi connectivity index (χ2v) is 6.16. The van der Waals surface area contributed by atoms with Crippen LogP contribution in [0.4, 0.5) is 0 Å². The first-order chi connectivity index (χ1) is 10.1. The quantitative estimate of drug-likeness (QED) is 0.862. The van der Waals surface area contributed by atoms with Gasteiger partial charge in [0.1, 0.15) is 0 Å². The normalized spacial score (nSPS) is 19.0. The highest BCUT2D eigenvalue weighted by molar-refractivity contribution is 7.08. The number of carbonyl (C=O) groups excluding carboxylic acids is 1. The predicted molar refractivity (Wildman–Crippen MR) is 79.7 cm³/mol. The summed E-state index contributed by atoms with van der Waals surface area (Å²) in [5, 5.41) is 7.98. The zero-order chi connectivity index (χ0) is 14.8. The third-order valence-electron chi connectivity index (χ3n) is 3.68. The highest BCUT2D eigenvalue weighted by Gasteiger charge is 2.32. The minimum absolute atomic E-state index is 0.0727. The van der Waals surface area contributed by atoms with Crippen LogP contribution in [0.25, 0.3) is 11.4 Å². The van der Waals surface area contributed by atoms with Crippen molar-refractivity contribution in [3.8, 4) is 11.4 Å². The van der Waals surface area contributed by atoms with Gasteiger partial charge >= 0.3 is 0 Å². The molecular formula is C14H18N4O2S. The molecule has 2 aromatic rings. The first kappa shape index (κ1) is 14.2. The van der Waals surface area contributed by atoms with E-state index in [9.17, 15) is 4.79 Å². The third kappa shape index (κ3) is 2.98. The summed E-state index contributed by atoms with van der Waals surface area (Å²) in [6, 6.07) is 1.89. The van der Waals surface area contributed by atoms with Crippen molar-refractivity contribution in [2.75, 3.05) is 20.6 Å². The van der Waals surface area contributed by atoms with Crippen molar-refractivity contribution in [1.29, 1.82) is 0 Å². The Morgan fingerprint density at radius 3 is 3.14 bits per heavy atom. The van der Waals surface area contributed by atoms with E-state index < -0.39 is 0 Å². The van der Waals surface area contributed by atoms with Gasteiger partial charge < -0.3 is 9.42 Å². The number of hydrogen-bond acceptors (Lipinski definition) is 6. The van der Waals surface area contributed by atoms with Crippen molar-refractivity contribution in [3.63, 3.8) is 0 Å². The molecule has 0 aromatic carbocycles. The summed E-state index contributed by atoms with van der Waals surface area (Å²) in [6.45, 7) is 1.42. The van der Waals surface area contributed by atoms with Crippen LogP contribution >= 0.6 is 11.3 Å². The lowest BCUT2D eigenvalue weighted by atomic mass is 10.2. The number of aromatic nitrogens is 2. The van der Waals surface area contributed by atoms with Crippen LogP contribution in [0.3, 0.4) is 0 Å². The molecule has 0 unspecified atom stereocenters. The van der Waals surface area contributed by atoms with Gasteiger partial charge in [-0.15, -0.1) is 0 Å². The monoisotopic (exact) mass is 306 g/mol. The molecule has 3 heterocycles. The van der Waals surface area contributed by atoms with Crippen LogP contribution in [-0.4, -0.2) is 52.5 Å². The zero-order valence-electron chi connectivity index (χ0n) is 12.2. The number of hydrogen-bond donors (Lipinski definition) is 0. The Morgan fingerprint density at radius 2 is 2.43 bits per heavy atom. The number of likely N-dealkylation sites (tertiary alicyclic amines) is 1. The van der Waals surface area contributed by atoms with Gasteiger partial charge in [-0.2, -0.15) is 16.3 Å². The molecule has 112 valence electrons. The van der Waals surface area contributed by atoms with Gasteiger partial charge in [-0.05, 0) is 30.8 Å². The molecule has 2 aromatic heterocycles. The minimum Gasteiger partial charge on any atom is -0.347 e. The minimum atomic E-state index is -0.0727. The maximum atomic E-state index is 12.2. The molecule has 1 amide bonds. The van der Waals surface area contributed by atoms with E-state index in [1.807, 2.05) is 16.8 Å². The van der Waals surface area contributed by atoms with Gasteiger partial charge in [0.25, 0.3) is 0 Å².